The van der Waals surface area contributed by atoms with Crippen LogP contribution in [0.3, 0.4) is 0 Å². The number of nitrogens with one attached hydrogen (secondary N) is 2. The average molecular weight is 435 g/mol. The zero-order valence-electron chi connectivity index (χ0n) is 20.3. The molecule has 0 saturated carbocycles. The lowest BCUT2D eigenvalue weighted by Gasteiger charge is -2.30. The molecule has 3 unspecified atom stereocenters. The maximum Gasteiger partial charge on any atom is 0.407 e. The molecule has 6 nitrogen and oxygen atoms in total. The van der Waals surface area contributed by atoms with Gasteiger partial charge in [-0.15, -0.1) is 0 Å². The SMILES string of the molecule is CC(C)CCC(=O)NC(CC(O)C(CC(C)C)NC(=O)OC(C)(C)C)c1ccccc1. The van der Waals surface area contributed by atoms with Crippen molar-refractivity contribution < 1.29 is 19.4 Å². The van der Waals surface area contributed by atoms with E-state index in [2.05, 4.69) is 24.5 Å². The molecule has 0 aromatic heterocycles. The Morgan fingerprint density at radius 1 is 0.968 bits per heavy atom. The van der Waals surface area contributed by atoms with Crippen molar-refractivity contribution in [3.63, 3.8) is 0 Å². The Kier molecular flexibility index (Phi) is 11.0. The smallest absolute Gasteiger partial charge is 0.407 e. The molecule has 1 aromatic carbocycles. The molecule has 0 bridgehead atoms. The molecule has 1 rings (SSSR count). The highest BCUT2D eigenvalue weighted by Gasteiger charge is 2.28. The van der Waals surface area contributed by atoms with Gasteiger partial charge in [-0.05, 0) is 57.4 Å². The number of benzene rings is 1. The Morgan fingerprint density at radius 3 is 2.10 bits per heavy atom. The van der Waals surface area contributed by atoms with Gasteiger partial charge in [0.1, 0.15) is 5.60 Å². The van der Waals surface area contributed by atoms with Crippen LogP contribution in [0.1, 0.15) is 85.8 Å². The van der Waals surface area contributed by atoms with E-state index < -0.39 is 23.8 Å². The second kappa shape index (κ2) is 12.7. The molecule has 0 aliphatic carbocycles. The number of ether oxygens (including phenoxy) is 1. The van der Waals surface area contributed by atoms with Crippen molar-refractivity contribution >= 4 is 12.0 Å². The van der Waals surface area contributed by atoms with Crippen LogP contribution in [0.5, 0.6) is 0 Å². The molecule has 0 radical (unpaired) electrons. The first-order valence-corrected chi connectivity index (χ1v) is 11.4. The zero-order valence-corrected chi connectivity index (χ0v) is 20.3. The van der Waals surface area contributed by atoms with E-state index in [4.69, 9.17) is 4.74 Å². The normalized spacial score (nSPS) is 14.8. The van der Waals surface area contributed by atoms with Crippen LogP contribution >= 0.6 is 0 Å². The number of carbonyl (C=O) groups excluding carboxylic acids is 2. The van der Waals surface area contributed by atoms with Crippen LogP contribution in [0.4, 0.5) is 4.79 Å². The predicted molar refractivity (Wildman–Crippen MR) is 125 cm³/mol. The summed E-state index contributed by atoms with van der Waals surface area (Å²) in [6, 6.07) is 8.82. The molecular weight excluding hydrogens is 392 g/mol. The van der Waals surface area contributed by atoms with Gasteiger partial charge in [0.05, 0.1) is 18.2 Å². The van der Waals surface area contributed by atoms with E-state index in [-0.39, 0.29) is 17.9 Å². The molecule has 0 aliphatic rings. The third-order valence-corrected chi connectivity index (χ3v) is 4.86. The van der Waals surface area contributed by atoms with E-state index in [9.17, 15) is 14.7 Å². The van der Waals surface area contributed by atoms with Gasteiger partial charge in [-0.2, -0.15) is 0 Å². The molecule has 6 heteroatoms. The standard InChI is InChI=1S/C25H42N2O4/c1-17(2)13-14-23(29)26-20(19-11-9-8-10-12-19)16-22(28)21(15-18(3)4)27-24(30)31-25(5,6)7/h8-12,17-18,20-22,28H,13-16H2,1-7H3,(H,26,29)(H,27,30). The minimum atomic E-state index is -0.842. The Bertz CT molecular complexity index is 668. The highest BCUT2D eigenvalue weighted by atomic mass is 16.6. The van der Waals surface area contributed by atoms with Crippen LogP contribution in [0.15, 0.2) is 30.3 Å². The first-order valence-electron chi connectivity index (χ1n) is 11.4. The Morgan fingerprint density at radius 2 is 1.58 bits per heavy atom. The van der Waals surface area contributed by atoms with Crippen molar-refractivity contribution in [2.45, 2.75) is 97.9 Å². The fourth-order valence-corrected chi connectivity index (χ4v) is 3.33. The van der Waals surface area contributed by atoms with Crippen LogP contribution in [0, 0.1) is 11.8 Å². The van der Waals surface area contributed by atoms with E-state index in [1.165, 1.54) is 0 Å². The van der Waals surface area contributed by atoms with Gasteiger partial charge in [0.25, 0.3) is 0 Å². The molecule has 0 spiro atoms. The third kappa shape index (κ3) is 11.8. The van der Waals surface area contributed by atoms with Crippen molar-refractivity contribution in [1.29, 1.82) is 0 Å². The monoisotopic (exact) mass is 434 g/mol. The molecule has 3 atom stereocenters. The summed E-state index contributed by atoms with van der Waals surface area (Å²) in [6.07, 6.45) is 0.766. The zero-order chi connectivity index (χ0) is 23.6. The molecule has 0 fully saturated rings. The maximum absolute atomic E-state index is 12.5. The summed E-state index contributed by atoms with van der Waals surface area (Å²) in [7, 11) is 0. The number of hydrogen-bond donors (Lipinski definition) is 3. The van der Waals surface area contributed by atoms with Crippen LogP contribution in [-0.2, 0) is 9.53 Å². The average Bonchev–Trinajstić information content (AvgIpc) is 2.64. The number of rotatable bonds is 11. The third-order valence-electron chi connectivity index (χ3n) is 4.86. The van der Waals surface area contributed by atoms with Crippen LogP contribution in [0.25, 0.3) is 0 Å². The van der Waals surface area contributed by atoms with Crippen LogP contribution < -0.4 is 10.6 Å². The minimum absolute atomic E-state index is 0.0322. The van der Waals surface area contributed by atoms with Crippen LogP contribution in [0.2, 0.25) is 0 Å². The van der Waals surface area contributed by atoms with Gasteiger partial charge in [0.15, 0.2) is 0 Å². The molecule has 0 heterocycles. The molecule has 1 aromatic rings. The quantitative estimate of drug-likeness (QED) is 0.459. The van der Waals surface area contributed by atoms with Crippen molar-refractivity contribution in [2.75, 3.05) is 0 Å². The lowest BCUT2D eigenvalue weighted by molar-refractivity contribution is -0.122. The van der Waals surface area contributed by atoms with Gasteiger partial charge < -0.3 is 20.5 Å². The van der Waals surface area contributed by atoms with Crippen LogP contribution in [-0.4, -0.2) is 34.9 Å². The summed E-state index contributed by atoms with van der Waals surface area (Å²) in [4.78, 5) is 24.8. The second-order valence-corrected chi connectivity index (χ2v) is 10.1. The number of alkyl carbamates (subject to hydrolysis) is 1. The first-order chi connectivity index (χ1) is 14.4. The summed E-state index contributed by atoms with van der Waals surface area (Å²) in [5, 5.41) is 17.0. The predicted octanol–water partition coefficient (Wildman–Crippen LogP) is 4.97. The number of carbonyl (C=O) groups is 2. The molecule has 3 N–H and O–H groups in total. The highest BCUT2D eigenvalue weighted by molar-refractivity contribution is 5.76. The second-order valence-electron chi connectivity index (χ2n) is 10.1. The van der Waals surface area contributed by atoms with Gasteiger partial charge >= 0.3 is 6.09 Å². The van der Waals surface area contributed by atoms with E-state index in [1.54, 1.807) is 20.8 Å². The van der Waals surface area contributed by atoms with Crippen molar-refractivity contribution in [3.8, 4) is 0 Å². The topological polar surface area (TPSA) is 87.7 Å². The fourth-order valence-electron chi connectivity index (χ4n) is 3.33. The Balaban J connectivity index is 2.93. The van der Waals surface area contributed by atoms with E-state index in [0.29, 0.717) is 25.2 Å². The van der Waals surface area contributed by atoms with E-state index in [0.717, 1.165) is 12.0 Å². The largest absolute Gasteiger partial charge is 0.444 e. The molecular formula is C25H42N2O4. The number of hydrogen-bond acceptors (Lipinski definition) is 4. The summed E-state index contributed by atoms with van der Waals surface area (Å²) < 4.78 is 5.38. The number of aliphatic hydroxyl groups excluding tert-OH is 1. The van der Waals surface area contributed by atoms with Crippen molar-refractivity contribution in [3.05, 3.63) is 35.9 Å². The Hall–Kier alpha value is -2.08. The summed E-state index contributed by atoms with van der Waals surface area (Å²) in [5.41, 5.74) is 0.314. The number of aliphatic hydroxyl groups is 1. The highest BCUT2D eigenvalue weighted by Crippen LogP contribution is 2.23. The Labute approximate surface area is 188 Å². The van der Waals surface area contributed by atoms with Gasteiger partial charge in [0.2, 0.25) is 5.91 Å². The van der Waals surface area contributed by atoms with Gasteiger partial charge in [0, 0.05) is 6.42 Å². The van der Waals surface area contributed by atoms with Gasteiger partial charge in [-0.3, -0.25) is 4.79 Å². The summed E-state index contributed by atoms with van der Waals surface area (Å²) in [5.74, 6) is 0.681. The fraction of sp³-hybridized carbons (Fsp3) is 0.680. The molecule has 31 heavy (non-hydrogen) atoms. The molecule has 0 saturated heterocycles. The summed E-state index contributed by atoms with van der Waals surface area (Å²) in [6.45, 7) is 13.7. The molecule has 0 aliphatic heterocycles. The molecule has 176 valence electrons. The lowest BCUT2D eigenvalue weighted by atomic mass is 9.92. The van der Waals surface area contributed by atoms with E-state index >= 15 is 0 Å². The van der Waals surface area contributed by atoms with E-state index in [1.807, 2.05) is 44.2 Å². The molecule has 2 amide bonds. The van der Waals surface area contributed by atoms with Crippen molar-refractivity contribution in [1.82, 2.24) is 10.6 Å². The summed E-state index contributed by atoms with van der Waals surface area (Å²) >= 11 is 0. The maximum atomic E-state index is 12.5. The minimum Gasteiger partial charge on any atom is -0.444 e. The number of amides is 2. The van der Waals surface area contributed by atoms with Gasteiger partial charge in [-0.25, -0.2) is 4.79 Å². The van der Waals surface area contributed by atoms with Crippen molar-refractivity contribution in [2.24, 2.45) is 11.8 Å². The van der Waals surface area contributed by atoms with Gasteiger partial charge in [-0.1, -0.05) is 58.0 Å². The lowest BCUT2D eigenvalue weighted by Crippen LogP contribution is -2.47. The first kappa shape index (κ1) is 27.0.